The molecule has 0 spiro atoms. The number of amides is 1. The van der Waals surface area contributed by atoms with Gasteiger partial charge in [-0.25, -0.2) is 0 Å². The molecular weight excluding hydrogens is 180 g/mol. The molecule has 0 aromatic heterocycles. The summed E-state index contributed by atoms with van der Waals surface area (Å²) in [4.78, 5) is 11.2. The van der Waals surface area contributed by atoms with Crippen molar-refractivity contribution in [3.05, 3.63) is 0 Å². The number of methoxy groups -OCH3 is 1. The fourth-order valence-electron chi connectivity index (χ4n) is 1.85. The molecule has 1 fully saturated rings. The zero-order chi connectivity index (χ0) is 10.4. The molecule has 0 aliphatic heterocycles. The van der Waals surface area contributed by atoms with E-state index >= 15 is 0 Å². The Hall–Kier alpha value is -0.610. The Morgan fingerprint density at radius 1 is 1.57 bits per heavy atom. The molecule has 4 heteroatoms. The zero-order valence-corrected chi connectivity index (χ0v) is 8.79. The summed E-state index contributed by atoms with van der Waals surface area (Å²) in [5.41, 5.74) is 5.89. The first-order valence-corrected chi connectivity index (χ1v) is 5.25. The number of rotatable bonds is 5. The van der Waals surface area contributed by atoms with Crippen molar-refractivity contribution in [2.75, 3.05) is 20.3 Å². The van der Waals surface area contributed by atoms with Crippen LogP contribution >= 0.6 is 0 Å². The van der Waals surface area contributed by atoms with Gasteiger partial charge in [0.05, 0.1) is 6.61 Å². The third kappa shape index (κ3) is 3.64. The Kier molecular flexibility index (Phi) is 4.90. The fourth-order valence-corrected chi connectivity index (χ4v) is 1.85. The molecule has 0 radical (unpaired) electrons. The summed E-state index contributed by atoms with van der Waals surface area (Å²) in [6.45, 7) is 1.21. The van der Waals surface area contributed by atoms with Gasteiger partial charge >= 0.3 is 0 Å². The maximum absolute atomic E-state index is 11.2. The lowest BCUT2D eigenvalue weighted by molar-refractivity contribution is -0.122. The third-order valence-corrected chi connectivity index (χ3v) is 2.81. The van der Waals surface area contributed by atoms with Crippen LogP contribution < -0.4 is 11.1 Å². The molecule has 2 unspecified atom stereocenters. The van der Waals surface area contributed by atoms with Crippen LogP contribution in [0.15, 0.2) is 0 Å². The predicted octanol–water partition coefficient (Wildman–Crippen LogP) is 0.267. The molecule has 1 saturated carbocycles. The maximum Gasteiger partial charge on any atom is 0.222 e. The topological polar surface area (TPSA) is 64.3 Å². The average Bonchev–Trinajstić information content (AvgIpc) is 2.58. The van der Waals surface area contributed by atoms with Crippen molar-refractivity contribution in [1.82, 2.24) is 5.32 Å². The highest BCUT2D eigenvalue weighted by Gasteiger charge is 2.23. The summed E-state index contributed by atoms with van der Waals surface area (Å²) in [5, 5.41) is 2.89. The SMILES string of the molecule is COCCC(=O)NCC1CCCC1N. The van der Waals surface area contributed by atoms with E-state index in [1.165, 1.54) is 6.42 Å². The summed E-state index contributed by atoms with van der Waals surface area (Å²) in [7, 11) is 1.60. The molecule has 3 N–H and O–H groups in total. The van der Waals surface area contributed by atoms with Gasteiger partial charge in [0.1, 0.15) is 0 Å². The number of nitrogens with two attached hydrogens (primary N) is 1. The molecular formula is C10H20N2O2. The highest BCUT2D eigenvalue weighted by molar-refractivity contribution is 5.75. The number of carbonyl (C=O) groups is 1. The highest BCUT2D eigenvalue weighted by Crippen LogP contribution is 2.22. The molecule has 0 heterocycles. The van der Waals surface area contributed by atoms with Crippen LogP contribution in [0.3, 0.4) is 0 Å². The Bertz CT molecular complexity index is 185. The third-order valence-electron chi connectivity index (χ3n) is 2.81. The van der Waals surface area contributed by atoms with Crippen LogP contribution in [0.1, 0.15) is 25.7 Å². The van der Waals surface area contributed by atoms with E-state index in [9.17, 15) is 4.79 Å². The van der Waals surface area contributed by atoms with Crippen molar-refractivity contribution in [2.45, 2.75) is 31.7 Å². The summed E-state index contributed by atoms with van der Waals surface area (Å²) >= 11 is 0. The van der Waals surface area contributed by atoms with Gasteiger partial charge in [-0.05, 0) is 18.8 Å². The molecule has 0 bridgehead atoms. The molecule has 0 aromatic rings. The summed E-state index contributed by atoms with van der Waals surface area (Å²) in [6.07, 6.45) is 3.88. The Balaban J connectivity index is 2.10. The number of carbonyl (C=O) groups excluding carboxylic acids is 1. The molecule has 4 nitrogen and oxygen atoms in total. The van der Waals surface area contributed by atoms with Crippen molar-refractivity contribution in [3.8, 4) is 0 Å². The van der Waals surface area contributed by atoms with Gasteiger partial charge in [-0.3, -0.25) is 4.79 Å². The van der Waals surface area contributed by atoms with Crippen LogP contribution in [-0.4, -0.2) is 32.2 Å². The summed E-state index contributed by atoms with van der Waals surface area (Å²) < 4.78 is 4.82. The van der Waals surface area contributed by atoms with Gasteiger partial charge in [0, 0.05) is 26.1 Å². The smallest absolute Gasteiger partial charge is 0.222 e. The molecule has 1 aliphatic rings. The molecule has 14 heavy (non-hydrogen) atoms. The van der Waals surface area contributed by atoms with E-state index in [0.717, 1.165) is 19.4 Å². The van der Waals surface area contributed by atoms with Crippen molar-refractivity contribution in [3.63, 3.8) is 0 Å². The van der Waals surface area contributed by atoms with Gasteiger partial charge in [0.2, 0.25) is 5.91 Å². The maximum atomic E-state index is 11.2. The summed E-state index contributed by atoms with van der Waals surface area (Å²) in [5.74, 6) is 0.535. The van der Waals surface area contributed by atoms with E-state index in [0.29, 0.717) is 18.9 Å². The fraction of sp³-hybridized carbons (Fsp3) is 0.900. The molecule has 0 aromatic carbocycles. The van der Waals surface area contributed by atoms with Gasteiger partial charge in [-0.1, -0.05) is 6.42 Å². The Morgan fingerprint density at radius 3 is 2.93 bits per heavy atom. The second-order valence-electron chi connectivity index (χ2n) is 3.90. The predicted molar refractivity (Wildman–Crippen MR) is 54.8 cm³/mol. The van der Waals surface area contributed by atoms with Crippen molar-refractivity contribution < 1.29 is 9.53 Å². The zero-order valence-electron chi connectivity index (χ0n) is 8.79. The largest absolute Gasteiger partial charge is 0.384 e. The monoisotopic (exact) mass is 200 g/mol. The molecule has 1 rings (SSSR count). The normalized spacial score (nSPS) is 26.4. The first-order valence-electron chi connectivity index (χ1n) is 5.25. The van der Waals surface area contributed by atoms with Crippen LogP contribution in [-0.2, 0) is 9.53 Å². The van der Waals surface area contributed by atoms with Crippen LogP contribution in [0.5, 0.6) is 0 Å². The van der Waals surface area contributed by atoms with Gasteiger partial charge in [-0.2, -0.15) is 0 Å². The average molecular weight is 200 g/mol. The second kappa shape index (κ2) is 5.98. The first kappa shape index (κ1) is 11.5. The molecule has 1 amide bonds. The lowest BCUT2D eigenvalue weighted by Crippen LogP contribution is -2.36. The second-order valence-corrected chi connectivity index (χ2v) is 3.90. The molecule has 0 saturated heterocycles. The highest BCUT2D eigenvalue weighted by atomic mass is 16.5. The van der Waals surface area contributed by atoms with Crippen molar-refractivity contribution in [2.24, 2.45) is 11.7 Å². The van der Waals surface area contributed by atoms with E-state index in [1.54, 1.807) is 7.11 Å². The lowest BCUT2D eigenvalue weighted by atomic mass is 10.0. The van der Waals surface area contributed by atoms with E-state index in [2.05, 4.69) is 5.32 Å². The number of hydrogen-bond acceptors (Lipinski definition) is 3. The van der Waals surface area contributed by atoms with E-state index in [-0.39, 0.29) is 11.9 Å². The molecule has 2 atom stereocenters. The lowest BCUT2D eigenvalue weighted by Gasteiger charge is -2.15. The number of hydrogen-bond donors (Lipinski definition) is 2. The van der Waals surface area contributed by atoms with Crippen molar-refractivity contribution in [1.29, 1.82) is 0 Å². The molecule has 82 valence electrons. The quantitative estimate of drug-likeness (QED) is 0.669. The Labute approximate surface area is 85.2 Å². The van der Waals surface area contributed by atoms with Crippen LogP contribution in [0.25, 0.3) is 0 Å². The minimum absolute atomic E-state index is 0.0611. The van der Waals surface area contributed by atoms with E-state index in [4.69, 9.17) is 10.5 Å². The van der Waals surface area contributed by atoms with Crippen LogP contribution in [0.4, 0.5) is 0 Å². The van der Waals surface area contributed by atoms with Gasteiger partial charge in [-0.15, -0.1) is 0 Å². The van der Waals surface area contributed by atoms with Crippen molar-refractivity contribution >= 4 is 5.91 Å². The van der Waals surface area contributed by atoms with Crippen LogP contribution in [0, 0.1) is 5.92 Å². The van der Waals surface area contributed by atoms with E-state index < -0.39 is 0 Å². The van der Waals surface area contributed by atoms with Gasteiger partial charge in [0.25, 0.3) is 0 Å². The first-order chi connectivity index (χ1) is 6.74. The molecule has 1 aliphatic carbocycles. The van der Waals surface area contributed by atoms with E-state index in [1.807, 2.05) is 0 Å². The minimum Gasteiger partial charge on any atom is -0.384 e. The van der Waals surface area contributed by atoms with Gasteiger partial charge in [0.15, 0.2) is 0 Å². The number of nitrogens with one attached hydrogen (secondary N) is 1. The van der Waals surface area contributed by atoms with Crippen LogP contribution in [0.2, 0.25) is 0 Å². The standard InChI is InChI=1S/C10H20N2O2/c1-14-6-5-10(13)12-7-8-3-2-4-9(8)11/h8-9H,2-7,11H2,1H3,(H,12,13). The Morgan fingerprint density at radius 2 is 2.36 bits per heavy atom. The summed E-state index contributed by atoms with van der Waals surface area (Å²) in [6, 6.07) is 0.276. The minimum atomic E-state index is 0.0611. The van der Waals surface area contributed by atoms with Gasteiger partial charge < -0.3 is 15.8 Å². The number of ether oxygens (including phenoxy) is 1.